The van der Waals surface area contributed by atoms with Crippen LogP contribution >= 0.6 is 0 Å². The van der Waals surface area contributed by atoms with Crippen LogP contribution in [0.4, 0.5) is 5.69 Å². The van der Waals surface area contributed by atoms with Crippen molar-refractivity contribution in [1.82, 2.24) is 0 Å². The first kappa shape index (κ1) is 4.92. The van der Waals surface area contributed by atoms with Crippen molar-refractivity contribution in [1.29, 1.82) is 0 Å². The van der Waals surface area contributed by atoms with Crippen LogP contribution in [0, 0.1) is 0 Å². The second-order valence-corrected chi connectivity index (χ2v) is 2.21. The Labute approximate surface area is 55.4 Å². The molecule has 1 nitrogen and oxygen atoms in total. The van der Waals surface area contributed by atoms with Crippen molar-refractivity contribution >= 4 is 13.1 Å². The van der Waals surface area contributed by atoms with Crippen LogP contribution in [0.25, 0.3) is 0 Å². The summed E-state index contributed by atoms with van der Waals surface area (Å²) in [6.07, 6.45) is 1.07. The summed E-state index contributed by atoms with van der Waals surface area (Å²) in [5, 5.41) is 3.18. The molecule has 1 aliphatic rings. The Balaban J connectivity index is 2.54. The van der Waals surface area contributed by atoms with Crippen molar-refractivity contribution < 1.29 is 0 Å². The molecule has 2 heteroatoms. The molecule has 0 fully saturated rings. The third-order valence-electron chi connectivity index (χ3n) is 1.60. The molecule has 0 saturated carbocycles. The maximum absolute atomic E-state index is 3.18. The average Bonchev–Trinajstić information content (AvgIpc) is 2.33. The highest BCUT2D eigenvalue weighted by Crippen LogP contribution is 2.18. The summed E-state index contributed by atoms with van der Waals surface area (Å²) in [7, 11) is 2.07. The van der Waals surface area contributed by atoms with Gasteiger partial charge in [-0.15, -0.1) is 0 Å². The number of anilines is 1. The van der Waals surface area contributed by atoms with Gasteiger partial charge in [0.1, 0.15) is 0 Å². The van der Waals surface area contributed by atoms with Crippen molar-refractivity contribution in [3.05, 3.63) is 29.8 Å². The molecular weight excluding hydrogens is 109 g/mol. The smallest absolute Gasteiger partial charge is 0.247 e. The van der Waals surface area contributed by atoms with Gasteiger partial charge in [-0.05, 0) is 17.9 Å². The molecule has 1 radical (unpaired) electrons. The lowest BCUT2D eigenvalue weighted by atomic mass is 9.91. The number of benzene rings is 1. The van der Waals surface area contributed by atoms with E-state index in [4.69, 9.17) is 0 Å². The summed E-state index contributed by atoms with van der Waals surface area (Å²) < 4.78 is 0. The highest BCUT2D eigenvalue weighted by molar-refractivity contribution is 6.42. The zero-order valence-corrected chi connectivity index (χ0v) is 5.09. The normalized spacial score (nSPS) is 13.8. The summed E-state index contributed by atoms with van der Waals surface area (Å²) in [6.45, 7) is 0. The molecule has 0 spiro atoms. The Morgan fingerprint density at radius 2 is 2.22 bits per heavy atom. The largest absolute Gasteiger partial charge is 0.431 e. The van der Waals surface area contributed by atoms with Crippen molar-refractivity contribution in [3.8, 4) is 0 Å². The number of hydrogen-bond acceptors (Lipinski definition) is 1. The van der Waals surface area contributed by atoms with Crippen molar-refractivity contribution in [2.24, 2.45) is 0 Å². The minimum atomic E-state index is 1.07. The molecule has 0 saturated heterocycles. The standard InChI is InChI=1S/C7H7BN/c1-2-4-7-6(3-1)5-8-9-7/h1-4,9H,5H2. The second-order valence-electron chi connectivity index (χ2n) is 2.21. The number of nitrogens with one attached hydrogen (secondary N) is 1. The maximum Gasteiger partial charge on any atom is 0.247 e. The molecule has 0 atom stereocenters. The van der Waals surface area contributed by atoms with Gasteiger partial charge in [0.2, 0.25) is 7.41 Å². The lowest BCUT2D eigenvalue weighted by Gasteiger charge is -1.95. The van der Waals surface area contributed by atoms with Crippen LogP contribution < -0.4 is 5.23 Å². The topological polar surface area (TPSA) is 12.0 Å². The molecule has 0 amide bonds. The van der Waals surface area contributed by atoms with E-state index in [0.29, 0.717) is 0 Å². The Morgan fingerprint density at radius 1 is 1.33 bits per heavy atom. The van der Waals surface area contributed by atoms with E-state index in [2.05, 4.69) is 30.8 Å². The van der Waals surface area contributed by atoms with Crippen LogP contribution in [-0.4, -0.2) is 7.41 Å². The molecule has 0 aromatic heterocycles. The molecular formula is C7H7BN. The number of hydrogen-bond donors (Lipinski definition) is 1. The Morgan fingerprint density at radius 3 is 3.11 bits per heavy atom. The first-order valence-electron chi connectivity index (χ1n) is 3.13. The maximum atomic E-state index is 3.18. The lowest BCUT2D eigenvalue weighted by molar-refractivity contribution is 1.45. The fourth-order valence-corrected chi connectivity index (χ4v) is 1.11. The zero-order valence-electron chi connectivity index (χ0n) is 5.09. The van der Waals surface area contributed by atoms with E-state index in [1.807, 2.05) is 6.07 Å². The van der Waals surface area contributed by atoms with E-state index in [0.717, 1.165) is 6.32 Å². The van der Waals surface area contributed by atoms with Gasteiger partial charge in [0, 0.05) is 5.69 Å². The molecule has 0 unspecified atom stereocenters. The molecule has 1 aromatic carbocycles. The fourth-order valence-electron chi connectivity index (χ4n) is 1.11. The van der Waals surface area contributed by atoms with Gasteiger partial charge in [-0.3, -0.25) is 0 Å². The number of rotatable bonds is 0. The summed E-state index contributed by atoms with van der Waals surface area (Å²) in [6, 6.07) is 8.36. The van der Waals surface area contributed by atoms with E-state index in [9.17, 15) is 0 Å². The molecule has 0 bridgehead atoms. The van der Waals surface area contributed by atoms with Gasteiger partial charge in [0.25, 0.3) is 0 Å². The Kier molecular flexibility index (Phi) is 0.981. The monoisotopic (exact) mass is 116 g/mol. The van der Waals surface area contributed by atoms with Gasteiger partial charge in [0.15, 0.2) is 0 Å². The first-order valence-corrected chi connectivity index (χ1v) is 3.13. The summed E-state index contributed by atoms with van der Waals surface area (Å²) in [5.74, 6) is 0. The fraction of sp³-hybridized carbons (Fsp3) is 0.143. The van der Waals surface area contributed by atoms with Crippen molar-refractivity contribution in [2.45, 2.75) is 6.32 Å². The number of para-hydroxylation sites is 1. The first-order chi connectivity index (χ1) is 4.47. The van der Waals surface area contributed by atoms with Crippen molar-refractivity contribution in [2.75, 3.05) is 5.23 Å². The summed E-state index contributed by atoms with van der Waals surface area (Å²) in [4.78, 5) is 0. The predicted octanol–water partition coefficient (Wildman–Crippen LogP) is 1.23. The van der Waals surface area contributed by atoms with Crippen LogP contribution in [0.5, 0.6) is 0 Å². The van der Waals surface area contributed by atoms with Gasteiger partial charge in [-0.25, -0.2) is 0 Å². The minimum absolute atomic E-state index is 1.07. The van der Waals surface area contributed by atoms with Crippen LogP contribution in [-0.2, 0) is 6.32 Å². The zero-order chi connectivity index (χ0) is 6.10. The van der Waals surface area contributed by atoms with Gasteiger partial charge in [-0.2, -0.15) is 0 Å². The minimum Gasteiger partial charge on any atom is -0.431 e. The van der Waals surface area contributed by atoms with E-state index in [1.165, 1.54) is 11.3 Å². The van der Waals surface area contributed by atoms with Crippen LogP contribution in [0.3, 0.4) is 0 Å². The Hall–Kier alpha value is -0.915. The highest BCUT2D eigenvalue weighted by Gasteiger charge is 2.07. The average molecular weight is 116 g/mol. The van der Waals surface area contributed by atoms with Gasteiger partial charge in [0.05, 0.1) is 0 Å². The summed E-state index contributed by atoms with van der Waals surface area (Å²) in [5.41, 5.74) is 2.66. The van der Waals surface area contributed by atoms with Gasteiger partial charge in [-0.1, -0.05) is 18.2 Å². The SMILES string of the molecule is [B]1Cc2ccccc2N1. The molecule has 9 heavy (non-hydrogen) atoms. The molecule has 1 aliphatic heterocycles. The third kappa shape index (κ3) is 0.708. The molecule has 1 N–H and O–H groups in total. The van der Waals surface area contributed by atoms with E-state index >= 15 is 0 Å². The van der Waals surface area contributed by atoms with E-state index < -0.39 is 0 Å². The quantitative estimate of drug-likeness (QED) is 0.502. The number of fused-ring (bicyclic) bond motifs is 1. The van der Waals surface area contributed by atoms with Crippen LogP contribution in [0.15, 0.2) is 24.3 Å². The van der Waals surface area contributed by atoms with Gasteiger partial charge >= 0.3 is 0 Å². The van der Waals surface area contributed by atoms with Crippen LogP contribution in [0.1, 0.15) is 5.56 Å². The van der Waals surface area contributed by atoms with E-state index in [-0.39, 0.29) is 0 Å². The molecule has 1 aromatic rings. The van der Waals surface area contributed by atoms with E-state index in [1.54, 1.807) is 0 Å². The lowest BCUT2D eigenvalue weighted by Crippen LogP contribution is -1.96. The Bertz CT molecular complexity index is 199. The molecule has 0 aliphatic carbocycles. The van der Waals surface area contributed by atoms with Gasteiger partial charge < -0.3 is 5.23 Å². The van der Waals surface area contributed by atoms with Crippen molar-refractivity contribution in [3.63, 3.8) is 0 Å². The molecule has 2 rings (SSSR count). The second kappa shape index (κ2) is 1.80. The predicted molar refractivity (Wildman–Crippen MR) is 39.5 cm³/mol. The highest BCUT2D eigenvalue weighted by atomic mass is 14.8. The molecule has 43 valence electrons. The molecule has 1 heterocycles. The van der Waals surface area contributed by atoms with Crippen LogP contribution in [0.2, 0.25) is 0 Å². The third-order valence-corrected chi connectivity index (χ3v) is 1.60. The summed E-state index contributed by atoms with van der Waals surface area (Å²) >= 11 is 0.